The first-order chi connectivity index (χ1) is 7.77. The molecule has 1 rings (SSSR count). The molecule has 0 unspecified atom stereocenters. The number of benzene rings is 1. The minimum Gasteiger partial charge on any atom is -0.507 e. The molecule has 0 radical (unpaired) electrons. The summed E-state index contributed by atoms with van der Waals surface area (Å²) in [6.45, 7) is 9.97. The van der Waals surface area contributed by atoms with Crippen LogP contribution in [0.4, 0.5) is 0 Å². The highest BCUT2D eigenvalue weighted by atomic mass is 16.5. The average Bonchev–Trinajstić information content (AvgIpc) is 2.26. The molecule has 0 fully saturated rings. The van der Waals surface area contributed by atoms with Gasteiger partial charge in [0.2, 0.25) is 0 Å². The summed E-state index contributed by atoms with van der Waals surface area (Å²) >= 11 is 0. The lowest BCUT2D eigenvalue weighted by atomic mass is 9.82. The third-order valence-electron chi connectivity index (χ3n) is 2.65. The number of phenols is 1. The molecule has 3 heteroatoms. The first kappa shape index (κ1) is 13.3. The number of carbonyl (C=O) groups excluding carboxylic acids is 1. The molecule has 0 amide bonds. The molecule has 0 aromatic heterocycles. The summed E-state index contributed by atoms with van der Waals surface area (Å²) in [5, 5.41) is 9.81. The SMILES string of the molecule is C=C(c1cc(C(=O)OC)ccc1O)C(C)(C)C. The third-order valence-corrected chi connectivity index (χ3v) is 2.65. The molecule has 0 saturated carbocycles. The van der Waals surface area contributed by atoms with Crippen molar-refractivity contribution in [3.8, 4) is 5.75 Å². The number of aromatic hydroxyl groups is 1. The van der Waals surface area contributed by atoms with Crippen LogP contribution in [-0.2, 0) is 4.74 Å². The van der Waals surface area contributed by atoms with Crippen molar-refractivity contribution in [1.82, 2.24) is 0 Å². The molecule has 1 N–H and O–H groups in total. The first-order valence-corrected chi connectivity index (χ1v) is 5.38. The van der Waals surface area contributed by atoms with Gasteiger partial charge in [-0.15, -0.1) is 0 Å². The van der Waals surface area contributed by atoms with Crippen LogP contribution in [0, 0.1) is 5.41 Å². The van der Waals surface area contributed by atoms with Gasteiger partial charge in [-0.2, -0.15) is 0 Å². The Morgan fingerprint density at radius 3 is 2.41 bits per heavy atom. The van der Waals surface area contributed by atoms with Crippen molar-refractivity contribution in [3.63, 3.8) is 0 Å². The monoisotopic (exact) mass is 234 g/mol. The molecule has 1 aromatic carbocycles. The van der Waals surface area contributed by atoms with E-state index >= 15 is 0 Å². The first-order valence-electron chi connectivity index (χ1n) is 5.38. The van der Waals surface area contributed by atoms with Crippen LogP contribution in [0.25, 0.3) is 5.57 Å². The summed E-state index contributed by atoms with van der Waals surface area (Å²) in [6.07, 6.45) is 0. The molecule has 0 aliphatic rings. The lowest BCUT2D eigenvalue weighted by molar-refractivity contribution is 0.0600. The lowest BCUT2D eigenvalue weighted by Gasteiger charge is -2.23. The van der Waals surface area contributed by atoms with Crippen molar-refractivity contribution < 1.29 is 14.6 Å². The fourth-order valence-corrected chi connectivity index (χ4v) is 1.43. The number of allylic oxidation sites excluding steroid dienone is 1. The van der Waals surface area contributed by atoms with Gasteiger partial charge in [0.05, 0.1) is 12.7 Å². The summed E-state index contributed by atoms with van der Waals surface area (Å²) in [6, 6.07) is 4.62. The standard InChI is InChI=1S/C14H18O3/c1-9(14(2,3)4)11-8-10(13(16)17-5)6-7-12(11)15/h6-8,15H,1H2,2-5H3. The molecule has 3 nitrogen and oxygen atoms in total. The number of ether oxygens (including phenoxy) is 1. The van der Waals surface area contributed by atoms with Gasteiger partial charge < -0.3 is 9.84 Å². The van der Waals surface area contributed by atoms with Crippen molar-refractivity contribution >= 4 is 11.5 Å². The highest BCUT2D eigenvalue weighted by molar-refractivity contribution is 5.91. The summed E-state index contributed by atoms with van der Waals surface area (Å²) in [4.78, 5) is 11.4. The zero-order valence-electron chi connectivity index (χ0n) is 10.7. The second-order valence-corrected chi connectivity index (χ2v) is 4.95. The molecule has 92 valence electrons. The maximum Gasteiger partial charge on any atom is 0.337 e. The molecule has 0 bridgehead atoms. The van der Waals surface area contributed by atoms with Crippen molar-refractivity contribution in [2.45, 2.75) is 20.8 Å². The van der Waals surface area contributed by atoms with Crippen LogP contribution < -0.4 is 0 Å². The van der Waals surface area contributed by atoms with E-state index in [1.807, 2.05) is 20.8 Å². The van der Waals surface area contributed by atoms with Gasteiger partial charge in [0.15, 0.2) is 0 Å². The minimum absolute atomic E-state index is 0.123. The zero-order valence-corrected chi connectivity index (χ0v) is 10.7. The van der Waals surface area contributed by atoms with Gasteiger partial charge in [-0.25, -0.2) is 4.79 Å². The molecule has 0 heterocycles. The molecule has 0 saturated heterocycles. The molecule has 0 spiro atoms. The van der Waals surface area contributed by atoms with Gasteiger partial charge in [0, 0.05) is 5.56 Å². The summed E-state index contributed by atoms with van der Waals surface area (Å²) in [5.74, 6) is -0.300. The van der Waals surface area contributed by atoms with Crippen LogP contribution in [0.1, 0.15) is 36.7 Å². The Labute approximate surface area is 102 Å². The van der Waals surface area contributed by atoms with E-state index in [1.54, 1.807) is 6.07 Å². The highest BCUT2D eigenvalue weighted by Gasteiger charge is 2.20. The Hall–Kier alpha value is -1.77. The predicted octanol–water partition coefficient (Wildman–Crippen LogP) is 3.24. The van der Waals surface area contributed by atoms with Crippen molar-refractivity contribution in [2.24, 2.45) is 5.41 Å². The van der Waals surface area contributed by atoms with Crippen molar-refractivity contribution in [3.05, 3.63) is 35.9 Å². The molecule has 0 aliphatic heterocycles. The number of methoxy groups -OCH3 is 1. The van der Waals surface area contributed by atoms with Gasteiger partial charge in [-0.05, 0) is 29.2 Å². The fraction of sp³-hybridized carbons (Fsp3) is 0.357. The van der Waals surface area contributed by atoms with Crippen LogP contribution in [0.3, 0.4) is 0 Å². The van der Waals surface area contributed by atoms with Crippen LogP contribution in [0.15, 0.2) is 24.8 Å². The van der Waals surface area contributed by atoms with E-state index in [9.17, 15) is 9.90 Å². The number of phenolic OH excluding ortho intramolecular Hbond substituents is 1. The predicted molar refractivity (Wildman–Crippen MR) is 67.9 cm³/mol. The Morgan fingerprint density at radius 1 is 1.35 bits per heavy atom. The molecule has 0 aliphatic carbocycles. The lowest BCUT2D eigenvalue weighted by Crippen LogP contribution is -2.09. The van der Waals surface area contributed by atoms with Gasteiger partial charge in [-0.3, -0.25) is 0 Å². The Balaban J connectivity index is 3.25. The van der Waals surface area contributed by atoms with Gasteiger partial charge in [0.25, 0.3) is 0 Å². The number of hydrogen-bond donors (Lipinski definition) is 1. The average molecular weight is 234 g/mol. The van der Waals surface area contributed by atoms with E-state index < -0.39 is 5.97 Å². The van der Waals surface area contributed by atoms with Crippen LogP contribution in [0.2, 0.25) is 0 Å². The van der Waals surface area contributed by atoms with E-state index in [0.29, 0.717) is 11.1 Å². The van der Waals surface area contributed by atoms with E-state index in [1.165, 1.54) is 19.2 Å². The summed E-state index contributed by atoms with van der Waals surface area (Å²) < 4.78 is 4.65. The highest BCUT2D eigenvalue weighted by Crippen LogP contribution is 2.37. The number of rotatable bonds is 2. The Morgan fingerprint density at radius 2 is 1.94 bits per heavy atom. The Bertz CT molecular complexity index is 453. The largest absolute Gasteiger partial charge is 0.507 e. The van der Waals surface area contributed by atoms with E-state index in [4.69, 9.17) is 0 Å². The van der Waals surface area contributed by atoms with Gasteiger partial charge in [-0.1, -0.05) is 27.4 Å². The second-order valence-electron chi connectivity index (χ2n) is 4.95. The van der Waals surface area contributed by atoms with Crippen molar-refractivity contribution in [1.29, 1.82) is 0 Å². The number of carbonyl (C=O) groups is 1. The molecule has 0 atom stereocenters. The van der Waals surface area contributed by atoms with Crippen molar-refractivity contribution in [2.75, 3.05) is 7.11 Å². The van der Waals surface area contributed by atoms with Crippen LogP contribution in [-0.4, -0.2) is 18.2 Å². The molecule has 17 heavy (non-hydrogen) atoms. The van der Waals surface area contributed by atoms with E-state index in [-0.39, 0.29) is 11.2 Å². The Kier molecular flexibility index (Phi) is 3.61. The zero-order chi connectivity index (χ0) is 13.2. The van der Waals surface area contributed by atoms with Crippen LogP contribution in [0.5, 0.6) is 5.75 Å². The summed E-state index contributed by atoms with van der Waals surface area (Å²) in [7, 11) is 1.33. The van der Waals surface area contributed by atoms with Crippen LogP contribution >= 0.6 is 0 Å². The second kappa shape index (κ2) is 4.62. The topological polar surface area (TPSA) is 46.5 Å². The maximum absolute atomic E-state index is 11.4. The maximum atomic E-state index is 11.4. The number of esters is 1. The smallest absolute Gasteiger partial charge is 0.337 e. The molecule has 1 aromatic rings. The quantitative estimate of drug-likeness (QED) is 0.799. The minimum atomic E-state index is -0.423. The fourth-order valence-electron chi connectivity index (χ4n) is 1.43. The molecular weight excluding hydrogens is 216 g/mol. The normalized spacial score (nSPS) is 11.1. The third kappa shape index (κ3) is 2.87. The number of hydrogen-bond acceptors (Lipinski definition) is 3. The van der Waals surface area contributed by atoms with E-state index in [0.717, 1.165) is 5.57 Å². The van der Waals surface area contributed by atoms with Gasteiger partial charge in [0.1, 0.15) is 5.75 Å². The van der Waals surface area contributed by atoms with Gasteiger partial charge >= 0.3 is 5.97 Å². The van der Waals surface area contributed by atoms with E-state index in [2.05, 4.69) is 11.3 Å². The molecular formula is C14H18O3. The summed E-state index contributed by atoms with van der Waals surface area (Å²) in [5.41, 5.74) is 1.60.